The van der Waals surface area contributed by atoms with E-state index in [0.717, 1.165) is 0 Å². The molecular formula is C9H9KO2. The van der Waals surface area contributed by atoms with Gasteiger partial charge in [0.15, 0.2) is 0 Å². The summed E-state index contributed by atoms with van der Waals surface area (Å²) in [7, 11) is 0. The van der Waals surface area contributed by atoms with E-state index >= 15 is 0 Å². The summed E-state index contributed by atoms with van der Waals surface area (Å²) >= 11 is 0. The van der Waals surface area contributed by atoms with Crippen LogP contribution < -0.4 is 56.5 Å². The number of allylic oxidation sites excluding steroid dienone is 7. The third kappa shape index (κ3) is 12.7. The number of carbonyl (C=O) groups excluding carboxylic acids is 1. The molecule has 2 nitrogen and oxygen atoms in total. The van der Waals surface area contributed by atoms with E-state index in [-0.39, 0.29) is 51.4 Å². The average Bonchev–Trinajstić information content (AvgIpc) is 2.03. The minimum absolute atomic E-state index is 0. The van der Waals surface area contributed by atoms with Crippen molar-refractivity contribution in [2.24, 2.45) is 0 Å². The van der Waals surface area contributed by atoms with Crippen molar-refractivity contribution in [1.29, 1.82) is 0 Å². The summed E-state index contributed by atoms with van der Waals surface area (Å²) in [5.41, 5.74) is 0. The Morgan fingerprint density at radius 3 is 1.58 bits per heavy atom. The third-order valence-electron chi connectivity index (χ3n) is 0.824. The summed E-state index contributed by atoms with van der Waals surface area (Å²) in [6, 6.07) is 0. The van der Waals surface area contributed by atoms with Crippen LogP contribution in [0.5, 0.6) is 0 Å². The molecule has 0 aromatic carbocycles. The first-order valence-corrected chi connectivity index (χ1v) is 3.14. The van der Waals surface area contributed by atoms with E-state index in [2.05, 4.69) is 0 Å². The first-order valence-electron chi connectivity index (χ1n) is 3.14. The standard InChI is InChI=1S/C9H10O2.K/c10-8-6-4-2-1-3-5-7-9-11;/h1-10H;/q;+1/p-1/b3-1+,4-2+,7-5+,8-6+;. The summed E-state index contributed by atoms with van der Waals surface area (Å²) in [6.45, 7) is 0. The molecule has 0 aromatic rings. The molecule has 0 aliphatic carbocycles. The van der Waals surface area contributed by atoms with Crippen molar-refractivity contribution < 1.29 is 61.3 Å². The van der Waals surface area contributed by atoms with Gasteiger partial charge in [-0.05, 0) is 6.08 Å². The fraction of sp³-hybridized carbons (Fsp3) is 0. The van der Waals surface area contributed by atoms with E-state index in [9.17, 15) is 9.90 Å². The fourth-order valence-electron chi connectivity index (χ4n) is 0.411. The van der Waals surface area contributed by atoms with E-state index in [1.54, 1.807) is 30.4 Å². The molecule has 0 spiro atoms. The second-order valence-electron chi connectivity index (χ2n) is 1.62. The largest absolute Gasteiger partial charge is 1.00 e. The number of hydrogen-bond donors (Lipinski definition) is 0. The van der Waals surface area contributed by atoms with Crippen molar-refractivity contribution in [2.45, 2.75) is 0 Å². The molecule has 0 fully saturated rings. The summed E-state index contributed by atoms with van der Waals surface area (Å²) in [5.74, 6) is 0. The maximum absolute atomic E-state index is 9.75. The zero-order valence-corrected chi connectivity index (χ0v) is 10.1. The molecule has 0 unspecified atom stereocenters. The molecule has 0 heterocycles. The Morgan fingerprint density at radius 2 is 1.17 bits per heavy atom. The van der Waals surface area contributed by atoms with Gasteiger partial charge < -0.3 is 5.11 Å². The van der Waals surface area contributed by atoms with Crippen molar-refractivity contribution in [3.8, 4) is 0 Å². The van der Waals surface area contributed by atoms with Gasteiger partial charge >= 0.3 is 51.4 Å². The van der Waals surface area contributed by atoms with Crippen molar-refractivity contribution in [3.63, 3.8) is 0 Å². The quantitative estimate of drug-likeness (QED) is 0.164. The van der Waals surface area contributed by atoms with Gasteiger partial charge in [0.25, 0.3) is 0 Å². The van der Waals surface area contributed by atoms with E-state index in [1.807, 2.05) is 0 Å². The van der Waals surface area contributed by atoms with E-state index in [0.29, 0.717) is 12.5 Å². The molecule has 0 bridgehead atoms. The van der Waals surface area contributed by atoms with Crippen LogP contribution in [0.2, 0.25) is 0 Å². The average molecular weight is 188 g/mol. The molecular weight excluding hydrogens is 179 g/mol. The van der Waals surface area contributed by atoms with Gasteiger partial charge in [0.1, 0.15) is 6.29 Å². The number of hydrogen-bond acceptors (Lipinski definition) is 2. The molecule has 0 rings (SSSR count). The zero-order valence-electron chi connectivity index (χ0n) is 7.01. The van der Waals surface area contributed by atoms with Crippen LogP contribution in [-0.2, 0) is 4.79 Å². The second-order valence-corrected chi connectivity index (χ2v) is 1.62. The van der Waals surface area contributed by atoms with Gasteiger partial charge in [-0.3, -0.25) is 4.79 Å². The van der Waals surface area contributed by atoms with Gasteiger partial charge in [-0.1, -0.05) is 36.5 Å². The minimum Gasteiger partial charge on any atom is -0.878 e. The van der Waals surface area contributed by atoms with Gasteiger partial charge in [-0.15, -0.1) is 6.26 Å². The first-order chi connectivity index (χ1) is 5.41. The molecule has 0 radical (unpaired) electrons. The SMILES string of the molecule is O=C/C=C/C=C/C=C/C=C/[O-].[K+]. The monoisotopic (exact) mass is 188 g/mol. The maximum atomic E-state index is 9.75. The minimum atomic E-state index is 0. The normalized spacial score (nSPS) is 11.7. The Hall–Kier alpha value is 0.0664. The Bertz CT molecular complexity index is 203. The van der Waals surface area contributed by atoms with Gasteiger partial charge in [0.2, 0.25) is 0 Å². The van der Waals surface area contributed by atoms with Gasteiger partial charge in [-0.25, -0.2) is 0 Å². The third-order valence-corrected chi connectivity index (χ3v) is 0.824. The molecule has 58 valence electrons. The maximum Gasteiger partial charge on any atom is 1.00 e. The van der Waals surface area contributed by atoms with Crippen LogP contribution in [-0.4, -0.2) is 6.29 Å². The van der Waals surface area contributed by atoms with Gasteiger partial charge in [0, 0.05) is 0 Å². The molecule has 0 atom stereocenters. The molecule has 0 saturated heterocycles. The molecule has 0 amide bonds. The van der Waals surface area contributed by atoms with Crippen LogP contribution in [0.4, 0.5) is 0 Å². The van der Waals surface area contributed by atoms with Crippen molar-refractivity contribution in [1.82, 2.24) is 0 Å². The summed E-state index contributed by atoms with van der Waals surface area (Å²) in [5, 5.41) is 9.75. The molecule has 0 aliphatic rings. The van der Waals surface area contributed by atoms with Crippen LogP contribution in [0.25, 0.3) is 0 Å². The van der Waals surface area contributed by atoms with Gasteiger partial charge in [-0.2, -0.15) is 0 Å². The Labute approximate surface area is 115 Å². The molecule has 0 saturated carbocycles. The van der Waals surface area contributed by atoms with Crippen molar-refractivity contribution >= 4 is 6.29 Å². The van der Waals surface area contributed by atoms with E-state index in [4.69, 9.17) is 0 Å². The number of carbonyl (C=O) groups is 1. The molecule has 0 N–H and O–H groups in total. The number of rotatable bonds is 4. The topological polar surface area (TPSA) is 40.1 Å². The summed E-state index contributed by atoms with van der Waals surface area (Å²) < 4.78 is 0. The Balaban J connectivity index is 0. The Kier molecular flexibility index (Phi) is 16.6. The predicted octanol–water partition coefficient (Wildman–Crippen LogP) is -2.27. The van der Waals surface area contributed by atoms with Crippen LogP contribution in [0.3, 0.4) is 0 Å². The second kappa shape index (κ2) is 13.6. The number of aldehydes is 1. The first kappa shape index (κ1) is 14.6. The van der Waals surface area contributed by atoms with Crippen molar-refractivity contribution in [3.05, 3.63) is 48.8 Å². The zero-order chi connectivity index (χ0) is 8.36. The van der Waals surface area contributed by atoms with Gasteiger partial charge in [0.05, 0.1) is 0 Å². The van der Waals surface area contributed by atoms with Crippen LogP contribution in [0, 0.1) is 0 Å². The predicted molar refractivity (Wildman–Crippen MR) is 42.6 cm³/mol. The van der Waals surface area contributed by atoms with Crippen LogP contribution in [0.1, 0.15) is 0 Å². The van der Waals surface area contributed by atoms with E-state index < -0.39 is 0 Å². The summed E-state index contributed by atoms with van der Waals surface area (Å²) in [6.07, 6.45) is 12.5. The van der Waals surface area contributed by atoms with Crippen molar-refractivity contribution in [2.75, 3.05) is 0 Å². The smallest absolute Gasteiger partial charge is 0.878 e. The van der Waals surface area contributed by atoms with Crippen LogP contribution in [0.15, 0.2) is 48.8 Å². The molecule has 12 heavy (non-hydrogen) atoms. The summed E-state index contributed by atoms with van der Waals surface area (Å²) in [4.78, 5) is 9.75. The van der Waals surface area contributed by atoms with Crippen LogP contribution >= 0.6 is 0 Å². The molecule has 3 heteroatoms. The Morgan fingerprint density at radius 1 is 0.750 bits per heavy atom. The molecule has 0 aromatic heterocycles. The molecule has 0 aliphatic heterocycles. The fourth-order valence-corrected chi connectivity index (χ4v) is 0.411. The van der Waals surface area contributed by atoms with E-state index in [1.165, 1.54) is 12.2 Å².